The molecule has 1 saturated heterocycles. The van der Waals surface area contributed by atoms with Gasteiger partial charge in [0.25, 0.3) is 5.91 Å². The third-order valence-corrected chi connectivity index (χ3v) is 5.04. The number of nitrogens with zero attached hydrogens (tertiary/aromatic N) is 1. The predicted molar refractivity (Wildman–Crippen MR) is 85.7 cm³/mol. The molecule has 1 aliphatic heterocycles. The van der Waals surface area contributed by atoms with E-state index in [9.17, 15) is 9.59 Å². The standard InChI is InChI=1S/C16H24N2O2S/c1-10(2)17-15(19)13-6-5-7-18(8-13)16(20)14-9-21-12(4)11(14)3/h9-10,13H,5-8H2,1-4H3,(H,17,19). The van der Waals surface area contributed by atoms with E-state index in [2.05, 4.69) is 5.32 Å². The summed E-state index contributed by atoms with van der Waals surface area (Å²) in [6.45, 7) is 9.23. The van der Waals surface area contributed by atoms with E-state index in [0.29, 0.717) is 6.54 Å². The van der Waals surface area contributed by atoms with Gasteiger partial charge in [0.2, 0.25) is 5.91 Å². The Hall–Kier alpha value is -1.36. The van der Waals surface area contributed by atoms with E-state index < -0.39 is 0 Å². The van der Waals surface area contributed by atoms with Crippen molar-refractivity contribution in [1.29, 1.82) is 0 Å². The number of thiophene rings is 1. The summed E-state index contributed by atoms with van der Waals surface area (Å²) in [6.07, 6.45) is 1.76. The molecule has 1 N–H and O–H groups in total. The van der Waals surface area contributed by atoms with E-state index in [0.717, 1.165) is 30.5 Å². The largest absolute Gasteiger partial charge is 0.354 e. The zero-order chi connectivity index (χ0) is 15.6. The minimum Gasteiger partial charge on any atom is -0.354 e. The average Bonchev–Trinajstić information content (AvgIpc) is 2.78. The fraction of sp³-hybridized carbons (Fsp3) is 0.625. The van der Waals surface area contributed by atoms with Crippen molar-refractivity contribution in [2.24, 2.45) is 5.92 Å². The number of nitrogens with one attached hydrogen (secondary N) is 1. The lowest BCUT2D eigenvalue weighted by Gasteiger charge is -2.32. The molecule has 0 aromatic carbocycles. The van der Waals surface area contributed by atoms with Crippen LogP contribution >= 0.6 is 11.3 Å². The summed E-state index contributed by atoms with van der Waals surface area (Å²) >= 11 is 1.61. The lowest BCUT2D eigenvalue weighted by Crippen LogP contribution is -2.46. The van der Waals surface area contributed by atoms with Crippen molar-refractivity contribution in [2.75, 3.05) is 13.1 Å². The summed E-state index contributed by atoms with van der Waals surface area (Å²) in [4.78, 5) is 27.8. The number of amides is 2. The monoisotopic (exact) mass is 308 g/mol. The van der Waals surface area contributed by atoms with Gasteiger partial charge in [-0.05, 0) is 46.1 Å². The van der Waals surface area contributed by atoms with Gasteiger partial charge in [-0.1, -0.05) is 0 Å². The van der Waals surface area contributed by atoms with E-state index in [1.54, 1.807) is 11.3 Å². The first kappa shape index (κ1) is 16.0. The van der Waals surface area contributed by atoms with Crippen LogP contribution in [0.2, 0.25) is 0 Å². The second-order valence-corrected chi connectivity index (χ2v) is 7.17. The van der Waals surface area contributed by atoms with Crippen LogP contribution in [0, 0.1) is 19.8 Å². The molecule has 116 valence electrons. The van der Waals surface area contributed by atoms with Crippen LogP contribution in [-0.4, -0.2) is 35.8 Å². The van der Waals surface area contributed by atoms with E-state index in [1.807, 2.05) is 38.0 Å². The van der Waals surface area contributed by atoms with Gasteiger partial charge < -0.3 is 10.2 Å². The van der Waals surface area contributed by atoms with Crippen molar-refractivity contribution in [3.63, 3.8) is 0 Å². The fourth-order valence-electron chi connectivity index (χ4n) is 2.67. The van der Waals surface area contributed by atoms with Gasteiger partial charge in [-0.2, -0.15) is 0 Å². The van der Waals surface area contributed by atoms with Crippen molar-refractivity contribution >= 4 is 23.2 Å². The highest BCUT2D eigenvalue weighted by atomic mass is 32.1. The highest BCUT2D eigenvalue weighted by molar-refractivity contribution is 7.10. The molecule has 1 aromatic rings. The first-order valence-corrected chi connectivity index (χ1v) is 8.42. The molecule has 1 aliphatic rings. The third-order valence-electron chi connectivity index (χ3n) is 4.03. The van der Waals surface area contributed by atoms with Crippen molar-refractivity contribution in [2.45, 2.75) is 46.6 Å². The molecule has 0 saturated carbocycles. The molecular weight excluding hydrogens is 284 g/mol. The molecule has 0 radical (unpaired) electrons. The number of piperidine rings is 1. The van der Waals surface area contributed by atoms with Crippen molar-refractivity contribution in [3.8, 4) is 0 Å². The number of likely N-dealkylation sites (tertiary alicyclic amines) is 1. The number of hydrogen-bond acceptors (Lipinski definition) is 3. The summed E-state index contributed by atoms with van der Waals surface area (Å²) in [6, 6.07) is 0.144. The van der Waals surface area contributed by atoms with Crippen LogP contribution in [0.3, 0.4) is 0 Å². The lowest BCUT2D eigenvalue weighted by molar-refractivity contribution is -0.126. The number of carbonyl (C=O) groups is 2. The first-order chi connectivity index (χ1) is 9.90. The zero-order valence-electron chi connectivity index (χ0n) is 13.2. The molecule has 2 heterocycles. The first-order valence-electron chi connectivity index (χ1n) is 7.54. The molecule has 2 rings (SSSR count). The minimum absolute atomic E-state index is 0.0684. The van der Waals surface area contributed by atoms with Crippen LogP contribution in [0.1, 0.15) is 47.5 Å². The van der Waals surface area contributed by atoms with Gasteiger partial charge in [0.1, 0.15) is 0 Å². The molecule has 1 aromatic heterocycles. The Morgan fingerprint density at radius 1 is 1.38 bits per heavy atom. The Morgan fingerprint density at radius 2 is 2.10 bits per heavy atom. The maximum atomic E-state index is 12.6. The summed E-state index contributed by atoms with van der Waals surface area (Å²) in [5, 5.41) is 4.89. The van der Waals surface area contributed by atoms with Crippen LogP contribution in [0.25, 0.3) is 0 Å². The quantitative estimate of drug-likeness (QED) is 0.933. The average molecular weight is 308 g/mol. The topological polar surface area (TPSA) is 49.4 Å². The Balaban J connectivity index is 2.05. The smallest absolute Gasteiger partial charge is 0.254 e. The van der Waals surface area contributed by atoms with Crippen LogP contribution in [0.4, 0.5) is 0 Å². The molecule has 21 heavy (non-hydrogen) atoms. The molecule has 2 amide bonds. The SMILES string of the molecule is Cc1scc(C(=O)N2CCCC(C(=O)NC(C)C)C2)c1C. The summed E-state index contributed by atoms with van der Waals surface area (Å²) in [5.74, 6) is 0.0600. The molecule has 0 spiro atoms. The van der Waals surface area contributed by atoms with E-state index in [-0.39, 0.29) is 23.8 Å². The third kappa shape index (κ3) is 3.64. The fourth-order valence-corrected chi connectivity index (χ4v) is 3.53. The van der Waals surface area contributed by atoms with E-state index in [4.69, 9.17) is 0 Å². The van der Waals surface area contributed by atoms with Crippen LogP contribution in [-0.2, 0) is 4.79 Å². The zero-order valence-corrected chi connectivity index (χ0v) is 14.0. The highest BCUT2D eigenvalue weighted by Gasteiger charge is 2.30. The molecule has 0 aliphatic carbocycles. The lowest BCUT2D eigenvalue weighted by atomic mass is 9.96. The Morgan fingerprint density at radius 3 is 2.67 bits per heavy atom. The molecule has 1 fully saturated rings. The molecule has 1 unspecified atom stereocenters. The summed E-state index contributed by atoms with van der Waals surface area (Å²) in [7, 11) is 0. The Bertz CT molecular complexity index is 536. The Labute approximate surface area is 130 Å². The maximum absolute atomic E-state index is 12.6. The van der Waals surface area contributed by atoms with Crippen molar-refractivity contribution in [1.82, 2.24) is 10.2 Å². The van der Waals surface area contributed by atoms with Crippen molar-refractivity contribution in [3.05, 3.63) is 21.4 Å². The van der Waals surface area contributed by atoms with Gasteiger partial charge in [-0.3, -0.25) is 9.59 Å². The normalized spacial score (nSPS) is 18.9. The summed E-state index contributed by atoms with van der Waals surface area (Å²) < 4.78 is 0. The minimum atomic E-state index is -0.0786. The number of aryl methyl sites for hydroxylation is 1. The molecule has 5 heteroatoms. The molecular formula is C16H24N2O2S. The second kappa shape index (κ2) is 6.60. The summed E-state index contributed by atoms with van der Waals surface area (Å²) in [5.41, 5.74) is 1.86. The predicted octanol–water partition coefficient (Wildman–Crippen LogP) is 2.74. The maximum Gasteiger partial charge on any atom is 0.254 e. The Kier molecular flexibility index (Phi) is 5.04. The number of carbonyl (C=O) groups excluding carboxylic acids is 2. The number of rotatable bonds is 3. The van der Waals surface area contributed by atoms with Crippen molar-refractivity contribution < 1.29 is 9.59 Å². The number of hydrogen-bond donors (Lipinski definition) is 1. The van der Waals surface area contributed by atoms with Gasteiger partial charge >= 0.3 is 0 Å². The van der Waals surface area contributed by atoms with E-state index in [1.165, 1.54) is 4.88 Å². The van der Waals surface area contributed by atoms with Crippen LogP contribution in [0.5, 0.6) is 0 Å². The van der Waals surface area contributed by atoms with Gasteiger partial charge in [0, 0.05) is 29.4 Å². The molecule has 1 atom stereocenters. The van der Waals surface area contributed by atoms with E-state index >= 15 is 0 Å². The van der Waals surface area contributed by atoms with Gasteiger partial charge in [0.15, 0.2) is 0 Å². The van der Waals surface area contributed by atoms with Gasteiger partial charge in [0.05, 0.1) is 11.5 Å². The van der Waals surface area contributed by atoms with Crippen LogP contribution < -0.4 is 5.32 Å². The highest BCUT2D eigenvalue weighted by Crippen LogP contribution is 2.25. The molecule has 0 bridgehead atoms. The second-order valence-electron chi connectivity index (χ2n) is 6.08. The molecule has 4 nitrogen and oxygen atoms in total. The van der Waals surface area contributed by atoms with Gasteiger partial charge in [-0.25, -0.2) is 0 Å². The van der Waals surface area contributed by atoms with Gasteiger partial charge in [-0.15, -0.1) is 11.3 Å². The van der Waals surface area contributed by atoms with Crippen LogP contribution in [0.15, 0.2) is 5.38 Å².